The number of quaternary nitrogens is 1. The first kappa shape index (κ1) is 23.2. The van der Waals surface area contributed by atoms with Gasteiger partial charge in [0.1, 0.15) is 11.9 Å². The summed E-state index contributed by atoms with van der Waals surface area (Å²) in [4.78, 5) is 35.6. The first-order valence-corrected chi connectivity index (χ1v) is 11.7. The van der Waals surface area contributed by atoms with Crippen molar-refractivity contribution in [2.75, 3.05) is 38.6 Å². The van der Waals surface area contributed by atoms with E-state index in [0.29, 0.717) is 24.4 Å². The first-order valence-electron chi connectivity index (χ1n) is 11.7. The number of rotatable bonds is 8. The highest BCUT2D eigenvalue weighted by atomic mass is 16.4. The molecule has 2 N–H and O–H groups in total. The minimum Gasteiger partial charge on any atom is -0.550 e. The summed E-state index contributed by atoms with van der Waals surface area (Å²) in [6.45, 7) is 4.65. The number of aryl methyl sites for hydroxylation is 1. The van der Waals surface area contributed by atoms with E-state index in [1.54, 1.807) is 0 Å². The second-order valence-electron chi connectivity index (χ2n) is 9.54. The number of fused-ring (bicyclic) bond motifs is 3. The predicted octanol–water partition coefficient (Wildman–Crippen LogP) is -0.0750. The van der Waals surface area contributed by atoms with Crippen LogP contribution in [0.4, 0.5) is 5.69 Å². The van der Waals surface area contributed by atoms with Crippen LogP contribution < -0.4 is 20.2 Å². The Hall–Kier alpha value is -3.00. The second-order valence-corrected chi connectivity index (χ2v) is 9.54. The summed E-state index contributed by atoms with van der Waals surface area (Å²) in [5, 5.41) is 13.5. The van der Waals surface area contributed by atoms with E-state index in [-0.39, 0.29) is 18.7 Å². The van der Waals surface area contributed by atoms with Crippen LogP contribution in [0.25, 0.3) is 11.3 Å². The van der Waals surface area contributed by atoms with Crippen LogP contribution in [0.15, 0.2) is 30.3 Å². The van der Waals surface area contributed by atoms with E-state index in [1.807, 2.05) is 21.0 Å². The predicted molar refractivity (Wildman–Crippen MR) is 124 cm³/mol. The van der Waals surface area contributed by atoms with Crippen LogP contribution in [0, 0.1) is 12.8 Å². The fourth-order valence-corrected chi connectivity index (χ4v) is 5.28. The molecule has 0 aliphatic carbocycles. The number of carboxylic acid groups (broad SMARTS) is 1. The topological polar surface area (TPSA) is 103 Å². The van der Waals surface area contributed by atoms with Crippen molar-refractivity contribution in [2.45, 2.75) is 44.6 Å². The van der Waals surface area contributed by atoms with Crippen molar-refractivity contribution in [1.29, 1.82) is 0 Å². The summed E-state index contributed by atoms with van der Waals surface area (Å²) in [5.74, 6) is 0.315. The number of nitrogens with zero attached hydrogens (tertiary/aromatic N) is 3. The van der Waals surface area contributed by atoms with E-state index in [1.165, 1.54) is 4.90 Å². The number of hydrogen-bond donors (Lipinski definition) is 2. The number of carboxylic acids is 1. The van der Waals surface area contributed by atoms with Gasteiger partial charge in [-0.1, -0.05) is 12.1 Å². The number of benzene rings is 1. The lowest BCUT2D eigenvalue weighted by Crippen LogP contribution is -3.20. The summed E-state index contributed by atoms with van der Waals surface area (Å²) >= 11 is 0. The molecular weight excluding hydrogens is 418 g/mol. The highest BCUT2D eigenvalue weighted by Crippen LogP contribution is 2.35. The van der Waals surface area contributed by atoms with Crippen LogP contribution in [0.3, 0.4) is 0 Å². The molecule has 3 fully saturated rings. The van der Waals surface area contributed by atoms with E-state index in [4.69, 9.17) is 9.97 Å². The van der Waals surface area contributed by atoms with Crippen LogP contribution in [-0.4, -0.2) is 61.6 Å². The number of piperidine rings is 3. The summed E-state index contributed by atoms with van der Waals surface area (Å²) in [7, 11) is 4.06. The maximum Gasteiger partial charge on any atom is 0.220 e. The van der Waals surface area contributed by atoms with Crippen LogP contribution in [0.5, 0.6) is 0 Å². The highest BCUT2D eigenvalue weighted by Gasteiger charge is 2.44. The molecule has 1 unspecified atom stereocenters. The first-order chi connectivity index (χ1) is 15.8. The van der Waals surface area contributed by atoms with Crippen LogP contribution in [0.1, 0.15) is 43.1 Å². The SMILES string of the molecule is Cc1nc(-c2ccc(N(C)C)cc2)cc([C@H]2C[NH+]3CC[C@H]2C[C@@H]3CNC(=O)CCC(=O)[O-])n1. The van der Waals surface area contributed by atoms with Crippen molar-refractivity contribution < 1.29 is 19.6 Å². The normalized spacial score (nSPS) is 23.8. The molecule has 1 aromatic heterocycles. The molecule has 8 heteroatoms. The molecule has 4 atom stereocenters. The number of aromatic nitrogens is 2. The molecule has 3 aliphatic rings. The molecule has 0 radical (unpaired) electrons. The van der Waals surface area contributed by atoms with Crippen molar-refractivity contribution in [2.24, 2.45) is 5.92 Å². The van der Waals surface area contributed by atoms with Crippen LogP contribution in [0.2, 0.25) is 0 Å². The number of anilines is 1. The lowest BCUT2D eigenvalue weighted by atomic mass is 9.74. The third kappa shape index (κ3) is 5.50. The van der Waals surface area contributed by atoms with Crippen molar-refractivity contribution in [3.05, 3.63) is 41.9 Å². The van der Waals surface area contributed by atoms with Gasteiger partial charge in [-0.3, -0.25) is 4.79 Å². The quantitative estimate of drug-likeness (QED) is 0.582. The Labute approximate surface area is 195 Å². The van der Waals surface area contributed by atoms with E-state index in [2.05, 4.69) is 40.5 Å². The van der Waals surface area contributed by atoms with Gasteiger partial charge in [0.25, 0.3) is 0 Å². The molecule has 3 aliphatic heterocycles. The largest absolute Gasteiger partial charge is 0.550 e. The van der Waals surface area contributed by atoms with E-state index < -0.39 is 5.97 Å². The highest BCUT2D eigenvalue weighted by molar-refractivity contribution is 5.80. The molecule has 5 rings (SSSR count). The zero-order valence-corrected chi connectivity index (χ0v) is 19.6. The molecule has 0 spiro atoms. The number of hydrogen-bond acceptors (Lipinski definition) is 6. The summed E-state index contributed by atoms with van der Waals surface area (Å²) in [6, 6.07) is 11.0. The lowest BCUT2D eigenvalue weighted by molar-refractivity contribution is -0.942. The third-order valence-electron chi connectivity index (χ3n) is 7.07. The zero-order valence-electron chi connectivity index (χ0n) is 19.6. The van der Waals surface area contributed by atoms with Crippen LogP contribution >= 0.6 is 0 Å². The molecule has 1 amide bonds. The minimum absolute atomic E-state index is 0.0189. The Kier molecular flexibility index (Phi) is 6.93. The zero-order chi connectivity index (χ0) is 23.5. The molecule has 33 heavy (non-hydrogen) atoms. The van der Waals surface area contributed by atoms with Crippen molar-refractivity contribution >= 4 is 17.6 Å². The molecule has 2 bridgehead atoms. The molecular formula is C25H33N5O3. The fourth-order valence-electron chi connectivity index (χ4n) is 5.28. The monoisotopic (exact) mass is 451 g/mol. The van der Waals surface area contributed by atoms with Gasteiger partial charge in [0.2, 0.25) is 5.91 Å². The van der Waals surface area contributed by atoms with Crippen molar-refractivity contribution in [1.82, 2.24) is 15.3 Å². The molecule has 1 aromatic carbocycles. The standard InChI is InChI=1S/C25H33N5O3/c1-16-27-22(17-4-6-19(7-5-17)29(2)3)13-23(28-16)21-15-30-11-10-18(21)12-20(30)14-26-24(31)8-9-25(32)33/h4-7,13,18,20-21H,8-12,14-15H2,1-3H3,(H,26,31)(H,32,33)/t18-,20+,21-/m0/s1. The van der Waals surface area contributed by atoms with Gasteiger partial charge in [0.15, 0.2) is 0 Å². The summed E-state index contributed by atoms with van der Waals surface area (Å²) in [5.41, 5.74) is 4.33. The van der Waals surface area contributed by atoms with Crippen molar-refractivity contribution in [3.63, 3.8) is 0 Å². The van der Waals surface area contributed by atoms with Gasteiger partial charge in [0, 0.05) is 50.6 Å². The van der Waals surface area contributed by atoms with Crippen LogP contribution in [-0.2, 0) is 9.59 Å². The third-order valence-corrected chi connectivity index (χ3v) is 7.07. The molecule has 4 heterocycles. The Morgan fingerprint density at radius 1 is 1.18 bits per heavy atom. The number of amides is 1. The van der Waals surface area contributed by atoms with Gasteiger partial charge >= 0.3 is 0 Å². The van der Waals surface area contributed by atoms with Gasteiger partial charge in [-0.15, -0.1) is 0 Å². The molecule has 0 saturated carbocycles. The smallest absolute Gasteiger partial charge is 0.220 e. The minimum atomic E-state index is -1.19. The fraction of sp³-hybridized carbons (Fsp3) is 0.520. The van der Waals surface area contributed by atoms with E-state index >= 15 is 0 Å². The lowest BCUT2D eigenvalue weighted by Gasteiger charge is -2.46. The average Bonchev–Trinajstić information content (AvgIpc) is 2.81. The Balaban J connectivity index is 1.43. The number of nitrogens with one attached hydrogen (secondary N) is 2. The number of aliphatic carboxylic acids is 1. The van der Waals surface area contributed by atoms with Gasteiger partial charge in [-0.05, 0) is 37.5 Å². The average molecular weight is 452 g/mol. The Morgan fingerprint density at radius 2 is 1.94 bits per heavy atom. The van der Waals surface area contributed by atoms with Crippen molar-refractivity contribution in [3.8, 4) is 11.3 Å². The van der Waals surface area contributed by atoms with Gasteiger partial charge in [-0.2, -0.15) is 0 Å². The maximum atomic E-state index is 11.9. The van der Waals surface area contributed by atoms with Gasteiger partial charge in [-0.25, -0.2) is 9.97 Å². The Bertz CT molecular complexity index is 1010. The van der Waals surface area contributed by atoms with E-state index in [9.17, 15) is 14.7 Å². The number of carbonyl (C=O) groups excluding carboxylic acids is 2. The molecule has 8 nitrogen and oxygen atoms in total. The molecule has 3 saturated heterocycles. The Morgan fingerprint density at radius 3 is 2.58 bits per heavy atom. The van der Waals surface area contributed by atoms with Gasteiger partial charge < -0.3 is 25.0 Å². The molecule has 2 aromatic rings. The summed E-state index contributed by atoms with van der Waals surface area (Å²) in [6.07, 6.45) is 1.95. The van der Waals surface area contributed by atoms with Gasteiger partial charge in [0.05, 0.1) is 36.9 Å². The van der Waals surface area contributed by atoms with E-state index in [0.717, 1.165) is 54.4 Å². The molecule has 176 valence electrons. The maximum absolute atomic E-state index is 11.9. The number of carbonyl (C=O) groups is 2. The summed E-state index contributed by atoms with van der Waals surface area (Å²) < 4.78 is 0. The second kappa shape index (κ2) is 9.87.